The Morgan fingerprint density at radius 1 is 1.64 bits per heavy atom. The van der Waals surface area contributed by atoms with Crippen LogP contribution in [0.3, 0.4) is 0 Å². The third-order valence-electron chi connectivity index (χ3n) is 1.18. The van der Waals surface area contributed by atoms with E-state index < -0.39 is 5.92 Å². The quantitative estimate of drug-likeness (QED) is 0.563. The van der Waals surface area contributed by atoms with E-state index in [1.54, 1.807) is 6.07 Å². The lowest BCUT2D eigenvalue weighted by Crippen LogP contribution is -1.99. The highest BCUT2D eigenvalue weighted by atomic mass is 16.1. The summed E-state index contributed by atoms with van der Waals surface area (Å²) in [7, 11) is 0. The molecule has 0 radical (unpaired) electrons. The first-order valence-corrected chi connectivity index (χ1v) is 2.99. The van der Waals surface area contributed by atoms with E-state index in [2.05, 4.69) is 9.97 Å². The molecule has 0 aliphatic heterocycles. The van der Waals surface area contributed by atoms with Crippen LogP contribution in [-0.4, -0.2) is 16.3 Å². The van der Waals surface area contributed by atoms with Crippen LogP contribution in [0, 0.1) is 11.3 Å². The Bertz CT molecular complexity index is 277. The number of carbonyl (C=O) groups is 1. The fourth-order valence-electron chi connectivity index (χ4n) is 0.638. The van der Waals surface area contributed by atoms with Gasteiger partial charge in [-0.25, -0.2) is 0 Å². The number of hydrogen-bond donors (Lipinski definition) is 0. The lowest BCUT2D eigenvalue weighted by atomic mass is 10.1. The fourth-order valence-corrected chi connectivity index (χ4v) is 0.638. The summed E-state index contributed by atoms with van der Waals surface area (Å²) in [4.78, 5) is 17.8. The van der Waals surface area contributed by atoms with E-state index in [-0.39, 0.29) is 0 Å². The van der Waals surface area contributed by atoms with Crippen LogP contribution in [0.2, 0.25) is 0 Å². The summed E-state index contributed by atoms with van der Waals surface area (Å²) in [6, 6.07) is 1.80. The summed E-state index contributed by atoms with van der Waals surface area (Å²) < 4.78 is 0. The molecule has 4 nitrogen and oxygen atoms in total. The first kappa shape index (κ1) is 7.35. The topological polar surface area (TPSA) is 66.6 Å². The molecule has 0 aromatic carbocycles. The summed E-state index contributed by atoms with van der Waals surface area (Å²) >= 11 is 0. The molecule has 1 rings (SSSR count). The zero-order chi connectivity index (χ0) is 8.10. The maximum absolute atomic E-state index is 10.2. The molecule has 1 aromatic heterocycles. The van der Waals surface area contributed by atoms with E-state index in [0.29, 0.717) is 12.0 Å². The van der Waals surface area contributed by atoms with Crippen molar-refractivity contribution in [2.75, 3.05) is 0 Å². The van der Waals surface area contributed by atoms with E-state index in [4.69, 9.17) is 5.26 Å². The van der Waals surface area contributed by atoms with Crippen LogP contribution in [0.4, 0.5) is 0 Å². The van der Waals surface area contributed by atoms with E-state index >= 15 is 0 Å². The van der Waals surface area contributed by atoms with Gasteiger partial charge in [0.1, 0.15) is 12.2 Å². The molecule has 1 aromatic rings. The van der Waals surface area contributed by atoms with Crippen molar-refractivity contribution in [3.05, 3.63) is 24.3 Å². The average molecular weight is 147 g/mol. The molecule has 1 atom stereocenters. The molecule has 0 saturated carbocycles. The summed E-state index contributed by atoms with van der Waals surface area (Å²) in [5.74, 6) is -0.788. The summed E-state index contributed by atoms with van der Waals surface area (Å²) in [5, 5.41) is 8.43. The Hall–Kier alpha value is -1.76. The van der Waals surface area contributed by atoms with Crippen molar-refractivity contribution < 1.29 is 4.79 Å². The minimum Gasteiger partial charge on any atom is -0.301 e. The van der Waals surface area contributed by atoms with Gasteiger partial charge < -0.3 is 4.79 Å². The number of nitrogens with zero attached hydrogens (tertiary/aromatic N) is 3. The standard InChI is InChI=1S/C7H5N3O/c8-3-6(5-11)7-4-9-1-2-10-7/h1-2,4-6H. The molecule has 1 heterocycles. The first-order chi connectivity index (χ1) is 5.38. The van der Waals surface area contributed by atoms with Crippen molar-refractivity contribution in [3.63, 3.8) is 0 Å². The molecule has 0 fully saturated rings. The summed E-state index contributed by atoms with van der Waals surface area (Å²) in [6.07, 6.45) is 4.89. The molecule has 0 N–H and O–H groups in total. The van der Waals surface area contributed by atoms with E-state index in [0.717, 1.165) is 0 Å². The molecule has 0 bridgehead atoms. The van der Waals surface area contributed by atoms with Crippen LogP contribution >= 0.6 is 0 Å². The second-order valence-electron chi connectivity index (χ2n) is 1.87. The molecule has 0 amide bonds. The van der Waals surface area contributed by atoms with Crippen molar-refractivity contribution >= 4 is 6.29 Å². The van der Waals surface area contributed by atoms with Gasteiger partial charge in [0, 0.05) is 12.4 Å². The third-order valence-corrected chi connectivity index (χ3v) is 1.18. The van der Waals surface area contributed by atoms with Gasteiger partial charge in [-0.05, 0) is 0 Å². The predicted octanol–water partition coefficient (Wildman–Crippen LogP) is 0.283. The molecule has 4 heteroatoms. The molecule has 0 spiro atoms. The second-order valence-corrected chi connectivity index (χ2v) is 1.87. The highest BCUT2D eigenvalue weighted by Crippen LogP contribution is 2.05. The van der Waals surface area contributed by atoms with Crippen LogP contribution in [0.5, 0.6) is 0 Å². The van der Waals surface area contributed by atoms with Gasteiger partial charge >= 0.3 is 0 Å². The van der Waals surface area contributed by atoms with Gasteiger partial charge in [-0.1, -0.05) is 0 Å². The van der Waals surface area contributed by atoms with Crippen LogP contribution in [0.1, 0.15) is 11.6 Å². The van der Waals surface area contributed by atoms with Gasteiger partial charge in [0.15, 0.2) is 0 Å². The molecular weight excluding hydrogens is 142 g/mol. The smallest absolute Gasteiger partial charge is 0.145 e. The van der Waals surface area contributed by atoms with Gasteiger partial charge in [0.05, 0.1) is 18.0 Å². The minimum atomic E-state index is -0.788. The molecule has 0 aliphatic rings. The predicted molar refractivity (Wildman–Crippen MR) is 36.5 cm³/mol. The number of hydrogen-bond acceptors (Lipinski definition) is 4. The molecule has 11 heavy (non-hydrogen) atoms. The summed E-state index contributed by atoms with van der Waals surface area (Å²) in [6.45, 7) is 0. The van der Waals surface area contributed by atoms with E-state index in [1.165, 1.54) is 18.6 Å². The third kappa shape index (κ3) is 1.58. The van der Waals surface area contributed by atoms with Gasteiger partial charge in [0.25, 0.3) is 0 Å². The van der Waals surface area contributed by atoms with Gasteiger partial charge in [-0.15, -0.1) is 0 Å². The van der Waals surface area contributed by atoms with Crippen LogP contribution < -0.4 is 0 Å². The molecule has 0 saturated heterocycles. The van der Waals surface area contributed by atoms with Crippen molar-refractivity contribution in [3.8, 4) is 6.07 Å². The normalized spacial score (nSPS) is 11.5. The molecule has 54 valence electrons. The number of nitriles is 1. The second kappa shape index (κ2) is 3.42. The minimum absolute atomic E-state index is 0.394. The Labute approximate surface area is 63.5 Å². The van der Waals surface area contributed by atoms with Gasteiger partial charge in [-0.2, -0.15) is 5.26 Å². The zero-order valence-corrected chi connectivity index (χ0v) is 5.64. The van der Waals surface area contributed by atoms with Crippen LogP contribution in [-0.2, 0) is 4.79 Å². The van der Waals surface area contributed by atoms with Crippen molar-refractivity contribution in [2.24, 2.45) is 0 Å². The highest BCUT2D eigenvalue weighted by molar-refractivity contribution is 5.64. The monoisotopic (exact) mass is 147 g/mol. The Morgan fingerprint density at radius 3 is 2.91 bits per heavy atom. The lowest BCUT2D eigenvalue weighted by Gasteiger charge is -1.96. The van der Waals surface area contributed by atoms with Crippen molar-refractivity contribution in [2.45, 2.75) is 5.92 Å². The summed E-state index contributed by atoms with van der Waals surface area (Å²) in [5.41, 5.74) is 0.394. The van der Waals surface area contributed by atoms with Gasteiger partial charge in [0.2, 0.25) is 0 Å². The Kier molecular flexibility index (Phi) is 2.28. The van der Waals surface area contributed by atoms with Crippen molar-refractivity contribution in [1.29, 1.82) is 5.26 Å². The maximum atomic E-state index is 10.2. The lowest BCUT2D eigenvalue weighted by molar-refractivity contribution is -0.108. The van der Waals surface area contributed by atoms with Crippen molar-refractivity contribution in [1.82, 2.24) is 9.97 Å². The number of aldehydes is 1. The van der Waals surface area contributed by atoms with E-state index in [1.807, 2.05) is 0 Å². The number of rotatable bonds is 2. The molecule has 1 unspecified atom stereocenters. The number of carbonyl (C=O) groups excluding carboxylic acids is 1. The Morgan fingerprint density at radius 2 is 2.45 bits per heavy atom. The average Bonchev–Trinajstić information content (AvgIpc) is 2.09. The number of aromatic nitrogens is 2. The first-order valence-electron chi connectivity index (χ1n) is 2.99. The molecular formula is C7H5N3O. The van der Waals surface area contributed by atoms with Crippen LogP contribution in [0.25, 0.3) is 0 Å². The van der Waals surface area contributed by atoms with Crippen LogP contribution in [0.15, 0.2) is 18.6 Å². The zero-order valence-electron chi connectivity index (χ0n) is 5.64. The Balaban J connectivity index is 2.93. The largest absolute Gasteiger partial charge is 0.301 e. The SMILES string of the molecule is N#CC(C=O)c1cnccn1. The van der Waals surface area contributed by atoms with E-state index in [9.17, 15) is 4.79 Å². The maximum Gasteiger partial charge on any atom is 0.145 e. The molecule has 0 aliphatic carbocycles. The van der Waals surface area contributed by atoms with Gasteiger partial charge in [-0.3, -0.25) is 9.97 Å². The highest BCUT2D eigenvalue weighted by Gasteiger charge is 2.08. The fraction of sp³-hybridized carbons (Fsp3) is 0.143.